The van der Waals surface area contributed by atoms with E-state index in [0.717, 1.165) is 19.3 Å². The van der Waals surface area contributed by atoms with Crippen molar-refractivity contribution in [1.29, 1.82) is 0 Å². The summed E-state index contributed by atoms with van der Waals surface area (Å²) in [5.41, 5.74) is 0. The van der Waals surface area contributed by atoms with Gasteiger partial charge in [0.25, 0.3) is 0 Å². The van der Waals surface area contributed by atoms with Crippen LogP contribution in [0.4, 0.5) is 0 Å². The van der Waals surface area contributed by atoms with Crippen LogP contribution in [0.1, 0.15) is 78.1 Å². The van der Waals surface area contributed by atoms with Crippen molar-refractivity contribution in [3.8, 4) is 11.8 Å². The molecular weight excluding hydrogens is 196 g/mol. The van der Waals surface area contributed by atoms with Crippen molar-refractivity contribution >= 4 is 5.78 Å². The summed E-state index contributed by atoms with van der Waals surface area (Å²) in [5, 5.41) is 0. The van der Waals surface area contributed by atoms with Gasteiger partial charge in [-0.05, 0) is 18.8 Å². The van der Waals surface area contributed by atoms with E-state index in [9.17, 15) is 4.79 Å². The van der Waals surface area contributed by atoms with Crippen LogP contribution in [-0.4, -0.2) is 5.78 Å². The molecule has 0 aromatic rings. The lowest BCUT2D eigenvalue weighted by atomic mass is 10.1. The van der Waals surface area contributed by atoms with Gasteiger partial charge < -0.3 is 0 Å². The van der Waals surface area contributed by atoms with Gasteiger partial charge in [0.15, 0.2) is 0 Å². The monoisotopic (exact) mass is 222 g/mol. The number of unbranched alkanes of at least 4 members (excludes halogenated alkanes) is 7. The summed E-state index contributed by atoms with van der Waals surface area (Å²) in [6.07, 6.45) is 11.1. The van der Waals surface area contributed by atoms with Gasteiger partial charge in [-0.2, -0.15) is 0 Å². The fourth-order valence-electron chi connectivity index (χ4n) is 1.58. The van der Waals surface area contributed by atoms with Crippen molar-refractivity contribution in [1.82, 2.24) is 0 Å². The third-order valence-corrected chi connectivity index (χ3v) is 2.64. The molecule has 0 amide bonds. The lowest BCUT2D eigenvalue weighted by Gasteiger charge is -1.96. The van der Waals surface area contributed by atoms with E-state index in [-0.39, 0.29) is 5.78 Å². The predicted molar refractivity (Wildman–Crippen MR) is 70.3 cm³/mol. The molecule has 1 heteroatoms. The minimum atomic E-state index is 0.132. The van der Waals surface area contributed by atoms with Crippen LogP contribution in [0.25, 0.3) is 0 Å². The number of hydrogen-bond acceptors (Lipinski definition) is 1. The zero-order valence-electron chi connectivity index (χ0n) is 11.0. The van der Waals surface area contributed by atoms with E-state index < -0.39 is 0 Å². The third kappa shape index (κ3) is 11.3. The van der Waals surface area contributed by atoms with E-state index in [1.165, 1.54) is 38.5 Å². The van der Waals surface area contributed by atoms with Crippen molar-refractivity contribution in [2.75, 3.05) is 0 Å². The lowest BCUT2D eigenvalue weighted by molar-refractivity contribution is -0.113. The number of rotatable bonds is 9. The van der Waals surface area contributed by atoms with Gasteiger partial charge in [-0.3, -0.25) is 4.79 Å². The van der Waals surface area contributed by atoms with Crippen molar-refractivity contribution < 1.29 is 4.79 Å². The van der Waals surface area contributed by atoms with Gasteiger partial charge in [-0.15, -0.1) is 0 Å². The fourth-order valence-corrected chi connectivity index (χ4v) is 1.58. The standard InChI is InChI=1S/C15H26O/c1-3-5-7-9-11-13-15(16)14-12-10-8-6-4-2/h3-11,13H2,1-2H3. The van der Waals surface area contributed by atoms with Gasteiger partial charge in [-0.25, -0.2) is 0 Å². The number of Topliss-reactive ketones (excluding diaryl/α,β-unsaturated/α-hetero) is 1. The molecule has 0 atom stereocenters. The summed E-state index contributed by atoms with van der Waals surface area (Å²) in [6, 6.07) is 0. The highest BCUT2D eigenvalue weighted by atomic mass is 16.1. The first-order chi connectivity index (χ1) is 7.81. The molecule has 0 unspecified atom stereocenters. The molecule has 92 valence electrons. The molecular formula is C15H26O. The van der Waals surface area contributed by atoms with E-state index in [1.807, 2.05) is 0 Å². The molecule has 0 radical (unpaired) electrons. The van der Waals surface area contributed by atoms with Crippen LogP contribution < -0.4 is 0 Å². The van der Waals surface area contributed by atoms with E-state index >= 15 is 0 Å². The maximum Gasteiger partial charge on any atom is 0.205 e. The molecule has 0 aromatic heterocycles. The largest absolute Gasteiger partial charge is 0.285 e. The zero-order chi connectivity index (χ0) is 12.1. The molecule has 0 rings (SSSR count). The molecule has 0 saturated heterocycles. The molecule has 16 heavy (non-hydrogen) atoms. The lowest BCUT2D eigenvalue weighted by Crippen LogP contribution is -1.93. The first-order valence-corrected chi connectivity index (χ1v) is 6.83. The first kappa shape index (κ1) is 15.2. The minimum Gasteiger partial charge on any atom is -0.285 e. The summed E-state index contributed by atoms with van der Waals surface area (Å²) in [5.74, 6) is 5.85. The number of carbonyl (C=O) groups is 1. The smallest absolute Gasteiger partial charge is 0.205 e. The summed E-state index contributed by atoms with van der Waals surface area (Å²) in [4.78, 5) is 11.3. The quantitative estimate of drug-likeness (QED) is 0.319. The van der Waals surface area contributed by atoms with E-state index in [2.05, 4.69) is 25.7 Å². The average Bonchev–Trinajstić information content (AvgIpc) is 2.28. The zero-order valence-corrected chi connectivity index (χ0v) is 11.0. The summed E-state index contributed by atoms with van der Waals surface area (Å²) in [7, 11) is 0. The molecule has 0 aliphatic carbocycles. The molecule has 0 bridgehead atoms. The Morgan fingerprint density at radius 2 is 1.50 bits per heavy atom. The second kappa shape index (κ2) is 12.3. The molecule has 0 heterocycles. The molecule has 0 N–H and O–H groups in total. The van der Waals surface area contributed by atoms with Gasteiger partial charge in [0.1, 0.15) is 0 Å². The molecule has 0 aromatic carbocycles. The van der Waals surface area contributed by atoms with Crippen LogP contribution in [0, 0.1) is 11.8 Å². The Labute approximate surface area is 101 Å². The molecule has 0 aliphatic rings. The Hall–Kier alpha value is -0.770. The summed E-state index contributed by atoms with van der Waals surface area (Å²) >= 11 is 0. The van der Waals surface area contributed by atoms with E-state index in [4.69, 9.17) is 0 Å². The second-order valence-electron chi connectivity index (χ2n) is 4.35. The fraction of sp³-hybridized carbons (Fsp3) is 0.800. The number of carbonyl (C=O) groups excluding carboxylic acids is 1. The van der Waals surface area contributed by atoms with E-state index in [1.54, 1.807) is 0 Å². The average molecular weight is 222 g/mol. The highest BCUT2D eigenvalue weighted by molar-refractivity contribution is 5.95. The van der Waals surface area contributed by atoms with Crippen molar-refractivity contribution in [2.24, 2.45) is 0 Å². The Balaban J connectivity index is 3.35. The Morgan fingerprint density at radius 3 is 2.19 bits per heavy atom. The Bertz CT molecular complexity index is 219. The van der Waals surface area contributed by atoms with Gasteiger partial charge in [-0.1, -0.05) is 58.3 Å². The topological polar surface area (TPSA) is 17.1 Å². The molecule has 1 nitrogen and oxygen atoms in total. The van der Waals surface area contributed by atoms with Crippen molar-refractivity contribution in [3.63, 3.8) is 0 Å². The SMILES string of the molecule is CCCCCC#CC(=O)CCCCCCC. The molecule has 0 saturated carbocycles. The molecule has 0 aliphatic heterocycles. The van der Waals surface area contributed by atoms with Crippen LogP contribution in [0.3, 0.4) is 0 Å². The maximum absolute atomic E-state index is 11.3. The molecule has 0 fully saturated rings. The first-order valence-electron chi connectivity index (χ1n) is 6.83. The second-order valence-corrected chi connectivity index (χ2v) is 4.35. The number of ketones is 1. The summed E-state index contributed by atoms with van der Waals surface area (Å²) in [6.45, 7) is 4.38. The maximum atomic E-state index is 11.3. The number of hydrogen-bond donors (Lipinski definition) is 0. The van der Waals surface area contributed by atoms with Gasteiger partial charge in [0, 0.05) is 12.8 Å². The molecule has 0 spiro atoms. The van der Waals surface area contributed by atoms with Gasteiger partial charge in [0.2, 0.25) is 5.78 Å². The normalized spacial score (nSPS) is 9.62. The van der Waals surface area contributed by atoms with Crippen LogP contribution >= 0.6 is 0 Å². The van der Waals surface area contributed by atoms with Crippen LogP contribution in [0.15, 0.2) is 0 Å². The predicted octanol–water partition coefficient (Wildman–Crippen LogP) is 4.50. The van der Waals surface area contributed by atoms with Crippen LogP contribution in [-0.2, 0) is 4.79 Å². The minimum absolute atomic E-state index is 0.132. The van der Waals surface area contributed by atoms with Crippen molar-refractivity contribution in [2.45, 2.75) is 78.1 Å². The van der Waals surface area contributed by atoms with Crippen LogP contribution in [0.2, 0.25) is 0 Å². The van der Waals surface area contributed by atoms with Crippen LogP contribution in [0.5, 0.6) is 0 Å². The third-order valence-electron chi connectivity index (χ3n) is 2.64. The van der Waals surface area contributed by atoms with Crippen molar-refractivity contribution in [3.05, 3.63) is 0 Å². The van der Waals surface area contributed by atoms with Gasteiger partial charge in [0.05, 0.1) is 0 Å². The Morgan fingerprint density at radius 1 is 0.875 bits per heavy atom. The van der Waals surface area contributed by atoms with E-state index in [0.29, 0.717) is 6.42 Å². The summed E-state index contributed by atoms with van der Waals surface area (Å²) < 4.78 is 0. The van der Waals surface area contributed by atoms with Gasteiger partial charge >= 0.3 is 0 Å². The highest BCUT2D eigenvalue weighted by Gasteiger charge is 1.96. The Kier molecular flexibility index (Phi) is 11.7. The highest BCUT2D eigenvalue weighted by Crippen LogP contribution is 2.05.